The summed E-state index contributed by atoms with van der Waals surface area (Å²) in [4.78, 5) is 0. The minimum atomic E-state index is -2.06. The van der Waals surface area contributed by atoms with E-state index < -0.39 is 19.3 Å². The molecule has 6 heavy (non-hydrogen) atoms. The SMILES string of the molecule is [2H]C(O)(CO)CO. The predicted molar refractivity (Wildman–Crippen MR) is 20.2 cm³/mol. The van der Waals surface area contributed by atoms with Gasteiger partial charge in [0.1, 0.15) is 6.08 Å². The summed E-state index contributed by atoms with van der Waals surface area (Å²) in [7, 11) is 0. The molecule has 38 valence electrons. The molecule has 0 aromatic heterocycles. The Hall–Kier alpha value is -0.120. The van der Waals surface area contributed by atoms with Gasteiger partial charge in [0, 0.05) is 0 Å². The van der Waals surface area contributed by atoms with Crippen LogP contribution in [0.3, 0.4) is 0 Å². The van der Waals surface area contributed by atoms with Crippen LogP contribution in [0.5, 0.6) is 0 Å². The van der Waals surface area contributed by atoms with Crippen LogP contribution < -0.4 is 0 Å². The third-order valence-electron chi connectivity index (χ3n) is 0.365. The molecule has 0 unspecified atom stereocenters. The first-order valence-electron chi connectivity index (χ1n) is 2.06. The highest BCUT2D eigenvalue weighted by Crippen LogP contribution is 1.71. The van der Waals surface area contributed by atoms with E-state index in [2.05, 4.69) is 0 Å². The average molecular weight is 93.1 g/mol. The summed E-state index contributed by atoms with van der Waals surface area (Å²) in [6.07, 6.45) is -2.06. The Bertz CT molecular complexity index is 48.1. The lowest BCUT2D eigenvalue weighted by Gasteiger charge is -1.96. The maximum absolute atomic E-state index is 8.30. The molecular weight excluding hydrogens is 84.0 g/mol. The van der Waals surface area contributed by atoms with Gasteiger partial charge in [0.25, 0.3) is 0 Å². The van der Waals surface area contributed by atoms with Crippen LogP contribution in [0.15, 0.2) is 0 Å². The van der Waals surface area contributed by atoms with Gasteiger partial charge in [-0.15, -0.1) is 0 Å². The van der Waals surface area contributed by atoms with Crippen molar-refractivity contribution in [2.24, 2.45) is 0 Å². The molecule has 0 radical (unpaired) electrons. The van der Waals surface area contributed by atoms with Crippen molar-refractivity contribution < 1.29 is 16.7 Å². The lowest BCUT2D eigenvalue weighted by atomic mass is 10.4. The first-order chi connectivity index (χ1) is 3.12. The molecule has 0 atom stereocenters. The lowest BCUT2D eigenvalue weighted by molar-refractivity contribution is 0.0450. The second-order valence-corrected chi connectivity index (χ2v) is 0.882. The van der Waals surface area contributed by atoms with Crippen LogP contribution >= 0.6 is 0 Å². The van der Waals surface area contributed by atoms with Crippen molar-refractivity contribution in [1.82, 2.24) is 0 Å². The monoisotopic (exact) mass is 93.1 g/mol. The second kappa shape index (κ2) is 3.08. The Morgan fingerprint density at radius 3 is 1.83 bits per heavy atom. The fourth-order valence-corrected chi connectivity index (χ4v) is 0.0500. The third-order valence-corrected chi connectivity index (χ3v) is 0.365. The van der Waals surface area contributed by atoms with Crippen LogP contribution in [0, 0.1) is 0 Å². The van der Waals surface area contributed by atoms with Gasteiger partial charge in [-0.05, 0) is 0 Å². The summed E-state index contributed by atoms with van der Waals surface area (Å²) < 4.78 is 6.48. The van der Waals surface area contributed by atoms with Gasteiger partial charge in [0.05, 0.1) is 14.6 Å². The Labute approximate surface area is 37.3 Å². The van der Waals surface area contributed by atoms with Crippen molar-refractivity contribution in [3.63, 3.8) is 0 Å². The fourth-order valence-electron chi connectivity index (χ4n) is 0.0500. The first kappa shape index (κ1) is 4.05. The molecule has 0 aromatic carbocycles. The zero-order chi connectivity index (χ0) is 5.91. The van der Waals surface area contributed by atoms with Crippen LogP contribution in [0.25, 0.3) is 0 Å². The quantitative estimate of drug-likeness (QED) is 0.382. The zero-order valence-electron chi connectivity index (χ0n) is 4.26. The normalized spacial score (nSPS) is 14.2. The van der Waals surface area contributed by atoms with Crippen molar-refractivity contribution in [1.29, 1.82) is 0 Å². The lowest BCUT2D eigenvalue weighted by Crippen LogP contribution is -2.15. The summed E-state index contributed by atoms with van der Waals surface area (Å²) in [5.74, 6) is 0. The topological polar surface area (TPSA) is 60.7 Å². The van der Waals surface area contributed by atoms with Crippen LogP contribution in [0.2, 0.25) is 0 Å². The molecule has 0 aliphatic rings. The summed E-state index contributed by atoms with van der Waals surface area (Å²) in [5, 5.41) is 24.3. The highest BCUT2D eigenvalue weighted by Gasteiger charge is 1.93. The number of aliphatic hydroxyl groups excluding tert-OH is 2. The molecule has 0 rings (SSSR count). The van der Waals surface area contributed by atoms with E-state index in [1.807, 2.05) is 0 Å². The Morgan fingerprint density at radius 2 is 1.83 bits per heavy atom. The fraction of sp³-hybridized carbons (Fsp3) is 1.00. The van der Waals surface area contributed by atoms with Crippen molar-refractivity contribution in [2.75, 3.05) is 13.2 Å². The minimum Gasteiger partial charge on any atom is -0.394 e. The molecule has 0 saturated heterocycles. The van der Waals surface area contributed by atoms with Gasteiger partial charge in [-0.2, -0.15) is 0 Å². The number of rotatable bonds is 2. The van der Waals surface area contributed by atoms with E-state index >= 15 is 0 Å². The second-order valence-electron chi connectivity index (χ2n) is 0.882. The molecular formula is C3H8O3. The molecule has 0 aliphatic heterocycles. The molecule has 0 bridgehead atoms. The summed E-state index contributed by atoms with van der Waals surface area (Å²) in [6, 6.07) is 0. The molecule has 0 heterocycles. The molecule has 0 aromatic rings. The largest absolute Gasteiger partial charge is 0.394 e. The molecule has 3 nitrogen and oxygen atoms in total. The van der Waals surface area contributed by atoms with Crippen molar-refractivity contribution in [3.05, 3.63) is 0 Å². The van der Waals surface area contributed by atoms with Crippen LogP contribution in [0.1, 0.15) is 1.37 Å². The Balaban J connectivity index is 3.36. The number of hydrogen-bond acceptors (Lipinski definition) is 3. The summed E-state index contributed by atoms with van der Waals surface area (Å²) >= 11 is 0. The zero-order valence-corrected chi connectivity index (χ0v) is 3.26. The third kappa shape index (κ3) is 2.14. The van der Waals surface area contributed by atoms with Crippen molar-refractivity contribution >= 4 is 0 Å². The maximum Gasteiger partial charge on any atom is 0.100 e. The highest BCUT2D eigenvalue weighted by molar-refractivity contribution is 4.43. The van der Waals surface area contributed by atoms with Gasteiger partial charge >= 0.3 is 0 Å². The summed E-state index contributed by atoms with van der Waals surface area (Å²) in [6.45, 7) is -1.47. The molecule has 3 heteroatoms. The van der Waals surface area contributed by atoms with E-state index in [0.29, 0.717) is 0 Å². The van der Waals surface area contributed by atoms with Crippen molar-refractivity contribution in [3.8, 4) is 0 Å². The Morgan fingerprint density at radius 1 is 1.50 bits per heavy atom. The van der Waals surface area contributed by atoms with Gasteiger partial charge in [0.15, 0.2) is 0 Å². The highest BCUT2D eigenvalue weighted by atomic mass is 16.3. The van der Waals surface area contributed by atoms with Crippen LogP contribution in [-0.2, 0) is 0 Å². The van der Waals surface area contributed by atoms with Gasteiger partial charge < -0.3 is 15.3 Å². The van der Waals surface area contributed by atoms with E-state index in [4.69, 9.17) is 16.7 Å². The number of hydrogen-bond donors (Lipinski definition) is 3. The van der Waals surface area contributed by atoms with E-state index in [0.717, 1.165) is 0 Å². The molecule has 0 saturated carbocycles. The van der Waals surface area contributed by atoms with E-state index in [9.17, 15) is 0 Å². The van der Waals surface area contributed by atoms with E-state index in [-0.39, 0.29) is 0 Å². The molecule has 0 fully saturated rings. The first-order valence-corrected chi connectivity index (χ1v) is 1.56. The molecule has 0 spiro atoms. The van der Waals surface area contributed by atoms with Gasteiger partial charge in [-0.3, -0.25) is 0 Å². The van der Waals surface area contributed by atoms with Gasteiger partial charge in [-0.25, -0.2) is 0 Å². The van der Waals surface area contributed by atoms with Crippen LogP contribution in [-0.4, -0.2) is 34.6 Å². The van der Waals surface area contributed by atoms with E-state index in [1.54, 1.807) is 0 Å². The van der Waals surface area contributed by atoms with Gasteiger partial charge in [0.2, 0.25) is 0 Å². The molecule has 0 amide bonds. The molecule has 0 aliphatic carbocycles. The smallest absolute Gasteiger partial charge is 0.100 e. The number of aliphatic hydroxyl groups is 3. The van der Waals surface area contributed by atoms with Crippen molar-refractivity contribution in [2.45, 2.75) is 6.08 Å². The molecule has 3 N–H and O–H groups in total. The Kier molecular flexibility index (Phi) is 2.08. The average Bonchev–Trinajstić information content (AvgIpc) is 1.68. The predicted octanol–water partition coefficient (Wildman–Crippen LogP) is -1.67. The van der Waals surface area contributed by atoms with E-state index in [1.165, 1.54) is 0 Å². The summed E-state index contributed by atoms with van der Waals surface area (Å²) in [5.41, 5.74) is 0. The maximum atomic E-state index is 8.30. The standard InChI is InChI=1S/C3H8O3/c4-1-3(6)2-5/h3-6H,1-2H2/i3D. The van der Waals surface area contributed by atoms with Crippen LogP contribution in [0.4, 0.5) is 0 Å². The minimum absolute atomic E-state index is 0.733. The van der Waals surface area contributed by atoms with Gasteiger partial charge in [-0.1, -0.05) is 0 Å².